The zero-order valence-electron chi connectivity index (χ0n) is 47.3. The number of furan rings is 1. The van der Waals surface area contributed by atoms with E-state index in [9.17, 15) is 0 Å². The van der Waals surface area contributed by atoms with Gasteiger partial charge in [-0.2, -0.15) is 0 Å². The normalized spacial score (nSPS) is 13.7. The average Bonchev–Trinajstić information content (AvgIpc) is 3.88. The van der Waals surface area contributed by atoms with Crippen LogP contribution in [0.3, 0.4) is 0 Å². The number of fused-ring (bicyclic) bond motifs is 4. The fourth-order valence-corrected chi connectivity index (χ4v) is 10.4. The van der Waals surface area contributed by atoms with Gasteiger partial charge in [0.2, 0.25) is 0 Å². The standard InChI is InChI=1S/C38H33N2O.C24H36NSi.Ir/c1-23(2)31-21-27(26-12-7-6-8-13-26)22-32(24(3)4)36(31)40-34-17-10-9-16-33(34)39-38(40)30-15-11-14-29-28-19-18-25(5)20-35(28)41-37(29)30;1-17-11-12-18(13-20(17)24(5,6)7)21-14-19(15-23(2,3)4)22(16-25-21)26(8,9)10;/h6-14,16-24H,1-5H3;11,13-14,16H,15H2,1-10H3;/q2*-1;/i;1D3,15D2;. The van der Waals surface area contributed by atoms with Crippen molar-refractivity contribution >= 4 is 46.2 Å². The molecule has 0 aliphatic heterocycles. The number of hydrogen-bond donors (Lipinski definition) is 0. The number of aryl methyl sites for hydroxylation is 2. The van der Waals surface area contributed by atoms with Crippen molar-refractivity contribution in [2.45, 2.75) is 126 Å². The molecule has 0 saturated heterocycles. The van der Waals surface area contributed by atoms with Crippen LogP contribution in [0.15, 0.2) is 126 Å². The molecule has 0 saturated carbocycles. The van der Waals surface area contributed by atoms with Crippen LogP contribution in [-0.2, 0) is 31.9 Å². The number of benzene rings is 6. The summed E-state index contributed by atoms with van der Waals surface area (Å²) in [4.78, 5) is 9.93. The van der Waals surface area contributed by atoms with Crippen molar-refractivity contribution in [1.29, 1.82) is 0 Å². The molecule has 0 atom stereocenters. The molecular formula is C62H69IrN3OSi-2. The summed E-state index contributed by atoms with van der Waals surface area (Å²) in [6.45, 7) is 27.3. The molecule has 68 heavy (non-hydrogen) atoms. The Labute approximate surface area is 428 Å². The molecule has 9 rings (SSSR count). The smallest absolute Gasteiger partial charge is 0.121 e. The second-order valence-corrected chi connectivity index (χ2v) is 26.8. The number of para-hydroxylation sites is 2. The molecule has 0 bridgehead atoms. The number of hydrogen-bond acceptors (Lipinski definition) is 3. The van der Waals surface area contributed by atoms with Crippen LogP contribution in [0.4, 0.5) is 0 Å². The molecule has 1 radical (unpaired) electrons. The quantitative estimate of drug-likeness (QED) is 0.112. The Bertz CT molecular complexity index is 3430. The van der Waals surface area contributed by atoms with Crippen molar-refractivity contribution < 1.29 is 31.4 Å². The Morgan fingerprint density at radius 3 is 2.09 bits per heavy atom. The summed E-state index contributed by atoms with van der Waals surface area (Å²) < 4.78 is 50.5. The van der Waals surface area contributed by atoms with Crippen LogP contribution in [0.5, 0.6) is 0 Å². The topological polar surface area (TPSA) is 43.9 Å². The molecule has 0 unspecified atom stereocenters. The van der Waals surface area contributed by atoms with Crippen LogP contribution in [0.2, 0.25) is 19.6 Å². The molecule has 0 N–H and O–H groups in total. The Balaban J connectivity index is 0.000000220. The fraction of sp³-hybridized carbons (Fsp3) is 0.323. The van der Waals surface area contributed by atoms with Crippen LogP contribution in [-0.4, -0.2) is 22.6 Å². The Morgan fingerprint density at radius 1 is 0.779 bits per heavy atom. The first kappa shape index (κ1) is 43.9. The molecular weight excluding hydrogens is 1020 g/mol. The van der Waals surface area contributed by atoms with Gasteiger partial charge in [0, 0.05) is 44.2 Å². The van der Waals surface area contributed by atoms with E-state index < -0.39 is 26.7 Å². The van der Waals surface area contributed by atoms with Gasteiger partial charge in [-0.25, -0.2) is 0 Å². The minimum Gasteiger partial charge on any atom is -0.501 e. The third kappa shape index (κ3) is 10.4. The van der Waals surface area contributed by atoms with Crippen molar-refractivity contribution in [2.24, 2.45) is 5.41 Å². The second kappa shape index (κ2) is 19.5. The van der Waals surface area contributed by atoms with E-state index >= 15 is 0 Å². The van der Waals surface area contributed by atoms with Crippen molar-refractivity contribution in [3.05, 3.63) is 167 Å². The summed E-state index contributed by atoms with van der Waals surface area (Å²) in [5, 5.41) is 3.20. The Kier molecular flexibility index (Phi) is 12.6. The van der Waals surface area contributed by atoms with Gasteiger partial charge in [-0.05, 0) is 105 Å². The largest absolute Gasteiger partial charge is 0.501 e. The van der Waals surface area contributed by atoms with E-state index in [0.29, 0.717) is 34.2 Å². The van der Waals surface area contributed by atoms with E-state index in [1.807, 2.05) is 65.9 Å². The summed E-state index contributed by atoms with van der Waals surface area (Å²) in [6, 6.07) is 46.3. The first-order valence-corrected chi connectivity index (χ1v) is 27.2. The van der Waals surface area contributed by atoms with E-state index in [-0.39, 0.29) is 25.5 Å². The number of pyridine rings is 1. The van der Waals surface area contributed by atoms with Crippen LogP contribution >= 0.6 is 0 Å². The molecule has 353 valence electrons. The van der Waals surface area contributed by atoms with Gasteiger partial charge < -0.3 is 14.0 Å². The predicted octanol–water partition coefficient (Wildman–Crippen LogP) is 16.9. The molecule has 0 amide bonds. The van der Waals surface area contributed by atoms with Crippen molar-refractivity contribution in [3.63, 3.8) is 0 Å². The van der Waals surface area contributed by atoms with E-state index in [4.69, 9.17) is 16.3 Å². The summed E-state index contributed by atoms with van der Waals surface area (Å²) in [5.74, 6) is 1.45. The Morgan fingerprint density at radius 2 is 1.46 bits per heavy atom. The molecule has 4 nitrogen and oxygen atoms in total. The average molecular weight is 1100 g/mol. The van der Waals surface area contributed by atoms with Crippen molar-refractivity contribution in [3.8, 4) is 39.5 Å². The minimum atomic E-state index is -2.22. The van der Waals surface area contributed by atoms with E-state index in [0.717, 1.165) is 55.1 Å². The van der Waals surface area contributed by atoms with Gasteiger partial charge in [-0.3, -0.25) is 4.98 Å². The van der Waals surface area contributed by atoms with Crippen LogP contribution in [0.25, 0.3) is 72.4 Å². The molecule has 0 aliphatic carbocycles. The summed E-state index contributed by atoms with van der Waals surface area (Å²) >= 11 is 0. The molecule has 9 aromatic rings. The maximum absolute atomic E-state index is 8.93. The summed E-state index contributed by atoms with van der Waals surface area (Å²) in [6.07, 6.45) is 0.272. The minimum absolute atomic E-state index is 0. The van der Waals surface area contributed by atoms with Crippen LogP contribution < -0.4 is 5.19 Å². The molecule has 3 aromatic heterocycles. The second-order valence-electron chi connectivity index (χ2n) is 21.8. The van der Waals surface area contributed by atoms with Crippen LogP contribution in [0.1, 0.15) is 121 Å². The zero-order valence-corrected chi connectivity index (χ0v) is 45.7. The van der Waals surface area contributed by atoms with E-state index in [1.165, 1.54) is 33.5 Å². The maximum atomic E-state index is 8.93. The SMILES string of the molecule is Cc1ccc2c(c1)oc1c(-c3nc4ccccc4n3-c3c(C(C)C)cc(-c4ccccc4)cc3C(C)C)[c-]ccc12.[2H]C([2H])([2H])c1c[c-]c(-c2cc(C([2H])([2H])C(C)(C)C)c([Si](C)(C)C)cn2)cc1C(C)(C)C.[Ir]. The summed E-state index contributed by atoms with van der Waals surface area (Å²) in [7, 11) is -1.85. The van der Waals surface area contributed by atoms with Crippen molar-refractivity contribution in [1.82, 2.24) is 14.5 Å². The van der Waals surface area contributed by atoms with E-state index in [2.05, 4.69) is 167 Å². The molecule has 3 heterocycles. The van der Waals surface area contributed by atoms with E-state index in [1.54, 1.807) is 6.07 Å². The van der Waals surface area contributed by atoms with Gasteiger partial charge in [0.15, 0.2) is 0 Å². The Hall–Kier alpha value is -5.39. The molecule has 0 spiro atoms. The van der Waals surface area contributed by atoms with Crippen molar-refractivity contribution in [2.75, 3.05) is 0 Å². The van der Waals surface area contributed by atoms with Gasteiger partial charge in [-0.1, -0.05) is 173 Å². The maximum Gasteiger partial charge on any atom is 0.121 e. The number of nitrogens with zero attached hydrogens (tertiary/aromatic N) is 3. The first-order chi connectivity index (χ1) is 33.6. The summed E-state index contributed by atoms with van der Waals surface area (Å²) in [5.41, 5.74) is 14.1. The van der Waals surface area contributed by atoms with Gasteiger partial charge >= 0.3 is 0 Å². The monoisotopic (exact) mass is 1100 g/mol. The number of imidazole rings is 1. The van der Waals surface area contributed by atoms with Crippen LogP contribution in [0, 0.1) is 31.3 Å². The predicted molar refractivity (Wildman–Crippen MR) is 289 cm³/mol. The van der Waals surface area contributed by atoms with Gasteiger partial charge in [0.1, 0.15) is 5.58 Å². The number of rotatable bonds is 8. The van der Waals surface area contributed by atoms with Gasteiger partial charge in [-0.15, -0.1) is 53.1 Å². The first-order valence-electron chi connectivity index (χ1n) is 26.2. The molecule has 6 aromatic carbocycles. The fourth-order valence-electron chi connectivity index (χ4n) is 9.02. The third-order valence-electron chi connectivity index (χ3n) is 12.4. The van der Waals surface area contributed by atoms with Gasteiger partial charge in [0.05, 0.1) is 30.5 Å². The zero-order chi connectivity index (χ0) is 52.5. The molecule has 0 fully saturated rings. The number of aromatic nitrogens is 3. The molecule has 0 aliphatic rings. The molecule has 6 heteroatoms. The van der Waals surface area contributed by atoms with Gasteiger partial charge in [0.25, 0.3) is 0 Å². The third-order valence-corrected chi connectivity index (χ3v) is 14.4.